The Hall–Kier alpha value is 0.110. The molecule has 0 aromatic carbocycles. The predicted molar refractivity (Wildman–Crippen MR) is 79.3 cm³/mol. The van der Waals surface area contributed by atoms with Crippen molar-refractivity contribution in [2.75, 3.05) is 12.5 Å². The van der Waals surface area contributed by atoms with Crippen LogP contribution in [-0.2, 0) is 19.5 Å². The molecule has 0 heterocycles. The van der Waals surface area contributed by atoms with Gasteiger partial charge in [0.1, 0.15) is 6.10 Å². The van der Waals surface area contributed by atoms with Crippen molar-refractivity contribution in [1.82, 2.24) is 4.72 Å². The number of nitrogens with one attached hydrogen (secondary N) is 1. The topological polar surface area (TPSA) is 64.6 Å². The van der Waals surface area contributed by atoms with Crippen LogP contribution in [0.15, 0.2) is 0 Å². The second kappa shape index (κ2) is 8.31. The van der Waals surface area contributed by atoms with Crippen molar-refractivity contribution in [3.63, 3.8) is 0 Å². The molecule has 0 saturated heterocycles. The molecule has 0 bridgehead atoms. The first kappa shape index (κ1) is 18.1. The van der Waals surface area contributed by atoms with Crippen LogP contribution in [0.2, 0.25) is 0 Å². The Morgan fingerprint density at radius 3 is 2.33 bits per heavy atom. The van der Waals surface area contributed by atoms with Crippen molar-refractivity contribution in [2.24, 2.45) is 5.92 Å². The molecule has 0 aliphatic heterocycles. The summed E-state index contributed by atoms with van der Waals surface area (Å²) < 4.78 is 36.0. The molecule has 5 nitrogen and oxygen atoms in total. The van der Waals surface area contributed by atoms with Crippen molar-refractivity contribution >= 4 is 39.3 Å². The monoisotopic (exact) mass is 315 g/mol. The number of sulfonamides is 1. The first-order valence-electron chi connectivity index (χ1n) is 5.62. The van der Waals surface area contributed by atoms with E-state index in [1.165, 1.54) is 0 Å². The largest absolute Gasteiger partial charge is 0.475 e. The Morgan fingerprint density at radius 2 is 1.89 bits per heavy atom. The summed E-state index contributed by atoms with van der Waals surface area (Å²) in [4.78, 5) is 0. The maximum Gasteiger partial charge on any atom is 0.235 e. The van der Waals surface area contributed by atoms with Crippen LogP contribution in [0.3, 0.4) is 0 Å². The Labute approximate surface area is 120 Å². The first-order valence-corrected chi connectivity index (χ1v) is 8.13. The molecule has 108 valence electrons. The van der Waals surface area contributed by atoms with Crippen LogP contribution >= 0.6 is 24.8 Å². The van der Waals surface area contributed by atoms with Crippen LogP contribution in [0.5, 0.6) is 0 Å². The maximum absolute atomic E-state index is 11.6. The van der Waals surface area contributed by atoms with Gasteiger partial charge in [-0.1, -0.05) is 19.6 Å². The van der Waals surface area contributed by atoms with Gasteiger partial charge in [-0.2, -0.15) is 0 Å². The maximum atomic E-state index is 11.6. The molecule has 0 amide bonds. The zero-order chi connectivity index (χ0) is 14.3. The zero-order valence-corrected chi connectivity index (χ0v) is 13.6. The fourth-order valence-electron chi connectivity index (χ4n) is 0.967. The third-order valence-electron chi connectivity index (χ3n) is 2.27. The Morgan fingerprint density at radius 1 is 1.33 bits per heavy atom. The van der Waals surface area contributed by atoms with E-state index in [1.807, 2.05) is 13.8 Å². The lowest BCUT2D eigenvalue weighted by Crippen LogP contribution is -2.36. The van der Waals surface area contributed by atoms with Gasteiger partial charge in [-0.05, 0) is 33.0 Å². The molecule has 0 fully saturated rings. The highest BCUT2D eigenvalue weighted by atomic mass is 32.2. The van der Waals surface area contributed by atoms with Crippen LogP contribution in [0.25, 0.3) is 0 Å². The molecule has 0 aromatic rings. The molecule has 8 heteroatoms. The van der Waals surface area contributed by atoms with Gasteiger partial charge >= 0.3 is 0 Å². The van der Waals surface area contributed by atoms with E-state index >= 15 is 0 Å². The van der Waals surface area contributed by atoms with E-state index in [-0.39, 0.29) is 35.0 Å². The summed E-state index contributed by atoms with van der Waals surface area (Å²) in [5, 5.41) is 0. The SMILES string of the molecule is CC(C)OCS(=O)(=O)NCC(C)C(C)OC(=S)S. The van der Waals surface area contributed by atoms with Crippen molar-refractivity contribution in [1.29, 1.82) is 0 Å². The third-order valence-corrected chi connectivity index (χ3v) is 3.52. The van der Waals surface area contributed by atoms with Gasteiger partial charge in [0.2, 0.25) is 14.4 Å². The minimum Gasteiger partial charge on any atom is -0.475 e. The van der Waals surface area contributed by atoms with Gasteiger partial charge in [0.05, 0.1) is 6.10 Å². The van der Waals surface area contributed by atoms with E-state index in [9.17, 15) is 8.42 Å². The standard InChI is InChI=1S/C10H21NO4S3/c1-7(2)14-6-18(12,13)11-5-8(3)9(4)15-10(16)17/h7-9,11H,5-6H2,1-4H3,(H,16,17). The van der Waals surface area contributed by atoms with E-state index in [1.54, 1.807) is 13.8 Å². The highest BCUT2D eigenvalue weighted by Gasteiger charge is 2.18. The third kappa shape index (κ3) is 9.09. The van der Waals surface area contributed by atoms with Crippen LogP contribution in [-0.4, -0.2) is 37.5 Å². The smallest absolute Gasteiger partial charge is 0.235 e. The average Bonchev–Trinajstić information content (AvgIpc) is 2.22. The number of hydrogen-bond acceptors (Lipinski definition) is 5. The quantitative estimate of drug-likeness (QED) is 0.525. The Balaban J connectivity index is 4.10. The Kier molecular flexibility index (Phi) is 8.37. The van der Waals surface area contributed by atoms with Crippen molar-refractivity contribution in [3.05, 3.63) is 0 Å². The predicted octanol–water partition coefficient (Wildman–Crippen LogP) is 1.54. The van der Waals surface area contributed by atoms with Crippen molar-refractivity contribution in [2.45, 2.75) is 39.9 Å². The van der Waals surface area contributed by atoms with E-state index in [4.69, 9.17) is 21.7 Å². The molecule has 1 N–H and O–H groups in total. The molecule has 0 rings (SSSR count). The van der Waals surface area contributed by atoms with E-state index in [0.717, 1.165) is 0 Å². The highest BCUT2D eigenvalue weighted by Crippen LogP contribution is 2.08. The second-order valence-corrected chi connectivity index (χ2v) is 7.20. The molecule has 0 aliphatic carbocycles. The normalized spacial score (nSPS) is 15.4. The molecule has 0 radical (unpaired) electrons. The Bertz CT molecular complexity index is 356. The number of hydrogen-bond donors (Lipinski definition) is 2. The first-order chi connectivity index (χ1) is 8.14. The summed E-state index contributed by atoms with van der Waals surface area (Å²) in [6.45, 7) is 7.50. The van der Waals surface area contributed by atoms with Gasteiger partial charge in [-0.25, -0.2) is 13.1 Å². The van der Waals surface area contributed by atoms with Gasteiger partial charge in [0.25, 0.3) is 0 Å². The fraction of sp³-hybridized carbons (Fsp3) is 0.900. The molecule has 2 atom stereocenters. The van der Waals surface area contributed by atoms with Crippen LogP contribution < -0.4 is 4.72 Å². The van der Waals surface area contributed by atoms with E-state index in [0.29, 0.717) is 0 Å². The molecule has 0 saturated carbocycles. The lowest BCUT2D eigenvalue weighted by Gasteiger charge is -2.20. The molecular weight excluding hydrogens is 294 g/mol. The summed E-state index contributed by atoms with van der Waals surface area (Å²) >= 11 is 8.57. The van der Waals surface area contributed by atoms with Gasteiger partial charge in [-0.15, -0.1) is 0 Å². The van der Waals surface area contributed by atoms with Gasteiger partial charge < -0.3 is 9.47 Å². The number of thiocarbonyl (C=S) groups is 1. The van der Waals surface area contributed by atoms with Crippen molar-refractivity contribution < 1.29 is 17.9 Å². The van der Waals surface area contributed by atoms with E-state index < -0.39 is 10.0 Å². The number of thiol groups is 1. The summed E-state index contributed by atoms with van der Waals surface area (Å²) in [6.07, 6.45) is -0.327. The van der Waals surface area contributed by atoms with E-state index in [2.05, 4.69) is 17.4 Å². The average molecular weight is 315 g/mol. The lowest BCUT2D eigenvalue weighted by molar-refractivity contribution is 0.114. The van der Waals surface area contributed by atoms with Gasteiger partial charge in [-0.3, -0.25) is 0 Å². The summed E-state index contributed by atoms with van der Waals surface area (Å²) in [5.41, 5.74) is 0. The van der Waals surface area contributed by atoms with Crippen LogP contribution in [0.1, 0.15) is 27.7 Å². The zero-order valence-electron chi connectivity index (χ0n) is 11.0. The summed E-state index contributed by atoms with van der Waals surface area (Å²) in [7, 11) is -3.41. The minimum absolute atomic E-state index is 0.0241. The van der Waals surface area contributed by atoms with Crippen LogP contribution in [0, 0.1) is 5.92 Å². The van der Waals surface area contributed by atoms with Gasteiger partial charge in [0.15, 0.2) is 5.94 Å². The van der Waals surface area contributed by atoms with Gasteiger partial charge in [0, 0.05) is 12.5 Å². The summed E-state index contributed by atoms with van der Waals surface area (Å²) in [5.74, 6) is -0.360. The molecule has 2 unspecified atom stereocenters. The molecule has 0 aliphatic rings. The summed E-state index contributed by atoms with van der Waals surface area (Å²) in [6, 6.07) is 0. The molecule has 18 heavy (non-hydrogen) atoms. The number of ether oxygens (including phenoxy) is 2. The fourth-order valence-corrected chi connectivity index (χ4v) is 2.34. The molecule has 0 aromatic heterocycles. The number of rotatable bonds is 8. The second-order valence-electron chi connectivity index (χ2n) is 4.36. The van der Waals surface area contributed by atoms with Crippen LogP contribution in [0.4, 0.5) is 0 Å². The minimum atomic E-state index is -3.41. The highest BCUT2D eigenvalue weighted by molar-refractivity contribution is 8.10. The molecule has 0 spiro atoms. The van der Waals surface area contributed by atoms with Crippen molar-refractivity contribution in [3.8, 4) is 0 Å². The molecular formula is C10H21NO4S3. The lowest BCUT2D eigenvalue weighted by atomic mass is 10.1.